The summed E-state index contributed by atoms with van der Waals surface area (Å²) in [6.07, 6.45) is 1.65. The fraction of sp³-hybridized carbons (Fsp3) is 0.412. The Morgan fingerprint density at radius 3 is 2.43 bits per heavy atom. The molecule has 2 aromatic rings. The van der Waals surface area contributed by atoms with E-state index in [1.807, 2.05) is 12.1 Å². The van der Waals surface area contributed by atoms with Crippen LogP contribution in [-0.2, 0) is 0 Å². The first-order valence-corrected chi connectivity index (χ1v) is 8.00. The van der Waals surface area contributed by atoms with Gasteiger partial charge < -0.3 is 11.5 Å². The van der Waals surface area contributed by atoms with E-state index < -0.39 is 0 Å². The molecule has 0 amide bonds. The topological polar surface area (TPSA) is 90.2 Å². The highest BCUT2D eigenvalue weighted by Crippen LogP contribution is 2.46. The van der Waals surface area contributed by atoms with Crippen LogP contribution in [0.15, 0.2) is 41.3 Å². The van der Waals surface area contributed by atoms with Crippen molar-refractivity contribution in [2.45, 2.75) is 19.0 Å². The molecule has 1 aromatic carbocycles. The maximum absolute atomic E-state index is 11.9. The van der Waals surface area contributed by atoms with Gasteiger partial charge in [0.25, 0.3) is 0 Å². The van der Waals surface area contributed by atoms with E-state index in [0.29, 0.717) is 23.9 Å². The van der Waals surface area contributed by atoms with Crippen LogP contribution >= 0.6 is 0 Å². The van der Waals surface area contributed by atoms with Gasteiger partial charge in [-0.25, -0.2) is 4.79 Å². The molecular formula is C17H21N5O. The SMILES string of the molecule is CC(c1ccc(-n2ccc(N)nc2=O)cc1)N1C[C@@H]2C(N)[C@@H]2C1. The van der Waals surface area contributed by atoms with Gasteiger partial charge in [-0.1, -0.05) is 12.1 Å². The summed E-state index contributed by atoms with van der Waals surface area (Å²) in [5.74, 6) is 1.62. The molecule has 0 bridgehead atoms. The average molecular weight is 311 g/mol. The molecule has 2 heterocycles. The lowest BCUT2D eigenvalue weighted by atomic mass is 10.1. The highest BCUT2D eigenvalue weighted by atomic mass is 16.1. The van der Waals surface area contributed by atoms with E-state index in [2.05, 4.69) is 28.9 Å². The van der Waals surface area contributed by atoms with Gasteiger partial charge in [0, 0.05) is 31.4 Å². The number of nitrogen functional groups attached to an aromatic ring is 1. The van der Waals surface area contributed by atoms with Crippen LogP contribution in [0.2, 0.25) is 0 Å². The van der Waals surface area contributed by atoms with E-state index >= 15 is 0 Å². The summed E-state index contributed by atoms with van der Waals surface area (Å²) in [5, 5.41) is 0. The Hall–Kier alpha value is -2.18. The summed E-state index contributed by atoms with van der Waals surface area (Å²) < 4.78 is 1.49. The summed E-state index contributed by atoms with van der Waals surface area (Å²) in [6.45, 7) is 4.41. The van der Waals surface area contributed by atoms with Crippen molar-refractivity contribution in [1.82, 2.24) is 14.5 Å². The smallest absolute Gasteiger partial charge is 0.354 e. The number of hydrogen-bond donors (Lipinski definition) is 2. The van der Waals surface area contributed by atoms with Gasteiger partial charge in [-0.3, -0.25) is 9.47 Å². The van der Waals surface area contributed by atoms with Gasteiger partial charge in [0.2, 0.25) is 0 Å². The summed E-state index contributed by atoms with van der Waals surface area (Å²) in [7, 11) is 0. The van der Waals surface area contributed by atoms with E-state index in [9.17, 15) is 4.79 Å². The molecule has 2 fully saturated rings. The van der Waals surface area contributed by atoms with Crippen molar-refractivity contribution in [3.63, 3.8) is 0 Å². The van der Waals surface area contributed by atoms with Gasteiger partial charge in [-0.05, 0) is 42.5 Å². The first kappa shape index (κ1) is 14.4. The van der Waals surface area contributed by atoms with Crippen LogP contribution in [0.5, 0.6) is 0 Å². The van der Waals surface area contributed by atoms with Crippen molar-refractivity contribution in [3.05, 3.63) is 52.6 Å². The molecule has 4 N–H and O–H groups in total. The zero-order valence-electron chi connectivity index (χ0n) is 13.1. The minimum Gasteiger partial charge on any atom is -0.383 e. The zero-order chi connectivity index (χ0) is 16.1. The molecule has 6 heteroatoms. The molecule has 23 heavy (non-hydrogen) atoms. The van der Waals surface area contributed by atoms with Crippen LogP contribution in [-0.4, -0.2) is 33.6 Å². The third kappa shape index (κ3) is 2.44. The molecule has 0 radical (unpaired) electrons. The molecule has 1 saturated carbocycles. The molecule has 2 unspecified atom stereocenters. The number of piperidine rings is 1. The molecular weight excluding hydrogens is 290 g/mol. The number of benzene rings is 1. The molecule has 120 valence electrons. The Balaban J connectivity index is 1.53. The number of aromatic nitrogens is 2. The van der Waals surface area contributed by atoms with Gasteiger partial charge in [-0.15, -0.1) is 0 Å². The second-order valence-electron chi connectivity index (χ2n) is 6.63. The fourth-order valence-corrected chi connectivity index (χ4v) is 3.66. The quantitative estimate of drug-likeness (QED) is 0.873. The summed E-state index contributed by atoms with van der Waals surface area (Å²) >= 11 is 0. The Morgan fingerprint density at radius 1 is 1.17 bits per heavy atom. The summed E-state index contributed by atoms with van der Waals surface area (Å²) in [6, 6.07) is 10.5. The largest absolute Gasteiger partial charge is 0.383 e. The van der Waals surface area contributed by atoms with E-state index in [1.165, 1.54) is 10.1 Å². The molecule has 1 aliphatic carbocycles. The number of hydrogen-bond acceptors (Lipinski definition) is 5. The average Bonchev–Trinajstić information content (AvgIpc) is 2.97. The zero-order valence-corrected chi connectivity index (χ0v) is 13.1. The van der Waals surface area contributed by atoms with Crippen molar-refractivity contribution in [2.24, 2.45) is 17.6 Å². The summed E-state index contributed by atoms with van der Waals surface area (Å²) in [4.78, 5) is 18.1. The lowest BCUT2D eigenvalue weighted by molar-refractivity contribution is 0.231. The monoisotopic (exact) mass is 311 g/mol. The van der Waals surface area contributed by atoms with Crippen LogP contribution in [0.1, 0.15) is 18.5 Å². The molecule has 1 aliphatic heterocycles. The number of anilines is 1. The number of nitrogens with zero attached hydrogens (tertiary/aromatic N) is 3. The van der Waals surface area contributed by atoms with Crippen molar-refractivity contribution in [2.75, 3.05) is 18.8 Å². The van der Waals surface area contributed by atoms with E-state index in [4.69, 9.17) is 11.5 Å². The van der Waals surface area contributed by atoms with Crippen molar-refractivity contribution in [1.29, 1.82) is 0 Å². The molecule has 1 aromatic heterocycles. The maximum atomic E-state index is 11.9. The molecule has 6 nitrogen and oxygen atoms in total. The number of likely N-dealkylation sites (tertiary alicyclic amines) is 1. The van der Waals surface area contributed by atoms with E-state index in [0.717, 1.165) is 18.8 Å². The van der Waals surface area contributed by atoms with Crippen molar-refractivity contribution < 1.29 is 0 Å². The van der Waals surface area contributed by atoms with E-state index in [-0.39, 0.29) is 11.5 Å². The van der Waals surface area contributed by atoms with E-state index in [1.54, 1.807) is 12.3 Å². The minimum atomic E-state index is -0.362. The Morgan fingerprint density at radius 2 is 1.83 bits per heavy atom. The standard InChI is InChI=1S/C17H21N5O/c1-10(21-8-13-14(9-21)16(13)19)11-2-4-12(5-3-11)22-7-6-15(18)20-17(22)23/h2-7,10,13-14,16H,8-9,19H2,1H3,(H2,18,20,23)/t10?,13-,14+,16?. The minimum absolute atomic E-state index is 0.238. The normalized spacial score (nSPS) is 27.7. The predicted molar refractivity (Wildman–Crippen MR) is 89.2 cm³/mol. The number of fused-ring (bicyclic) bond motifs is 1. The first-order chi connectivity index (χ1) is 11.0. The highest BCUT2D eigenvalue weighted by Gasteiger charge is 2.54. The summed E-state index contributed by atoms with van der Waals surface area (Å²) in [5.41, 5.74) is 13.2. The van der Waals surface area contributed by atoms with Crippen LogP contribution in [0.25, 0.3) is 5.69 Å². The van der Waals surface area contributed by atoms with Crippen LogP contribution in [0.4, 0.5) is 5.82 Å². The molecule has 1 saturated heterocycles. The lowest BCUT2D eigenvalue weighted by Gasteiger charge is -2.27. The fourth-order valence-electron chi connectivity index (χ4n) is 3.66. The van der Waals surface area contributed by atoms with Crippen LogP contribution < -0.4 is 17.2 Å². The first-order valence-electron chi connectivity index (χ1n) is 8.00. The third-order valence-electron chi connectivity index (χ3n) is 5.32. The molecule has 0 spiro atoms. The Labute approximate surface area is 134 Å². The second kappa shape index (κ2) is 5.18. The van der Waals surface area contributed by atoms with Gasteiger partial charge >= 0.3 is 5.69 Å². The van der Waals surface area contributed by atoms with Crippen molar-refractivity contribution in [3.8, 4) is 5.69 Å². The highest BCUT2D eigenvalue weighted by molar-refractivity contribution is 5.37. The molecule has 2 aliphatic rings. The predicted octanol–water partition coefficient (Wildman–Crippen LogP) is 0.765. The Bertz CT molecular complexity index is 772. The van der Waals surface area contributed by atoms with Gasteiger partial charge in [0.15, 0.2) is 0 Å². The molecule has 4 rings (SSSR count). The molecule has 4 atom stereocenters. The lowest BCUT2D eigenvalue weighted by Crippen LogP contribution is -2.30. The van der Waals surface area contributed by atoms with Gasteiger partial charge in [0.1, 0.15) is 5.82 Å². The van der Waals surface area contributed by atoms with Crippen LogP contribution in [0.3, 0.4) is 0 Å². The number of rotatable bonds is 3. The third-order valence-corrected chi connectivity index (χ3v) is 5.32. The number of nitrogens with two attached hydrogens (primary N) is 2. The van der Waals surface area contributed by atoms with Crippen LogP contribution in [0, 0.1) is 11.8 Å². The van der Waals surface area contributed by atoms with Gasteiger partial charge in [-0.2, -0.15) is 4.98 Å². The second-order valence-corrected chi connectivity index (χ2v) is 6.63. The van der Waals surface area contributed by atoms with Crippen molar-refractivity contribution >= 4 is 5.82 Å². The van der Waals surface area contributed by atoms with Gasteiger partial charge in [0.05, 0.1) is 5.69 Å². The maximum Gasteiger partial charge on any atom is 0.354 e. The Kier molecular flexibility index (Phi) is 3.25.